The molecule has 0 bridgehead atoms. The van der Waals surface area contributed by atoms with E-state index >= 15 is 0 Å². The first-order chi connectivity index (χ1) is 20.3. The summed E-state index contributed by atoms with van der Waals surface area (Å²) in [6.07, 6.45) is 3.71. The molecule has 0 saturated carbocycles. The second-order valence-electron chi connectivity index (χ2n) is 9.96. The summed E-state index contributed by atoms with van der Waals surface area (Å²) in [4.78, 5) is 19.3. The van der Waals surface area contributed by atoms with Crippen molar-refractivity contribution < 1.29 is 17.9 Å². The van der Waals surface area contributed by atoms with Gasteiger partial charge < -0.3 is 4.74 Å². The molecule has 1 unspecified atom stereocenters. The number of aryl methyl sites for hydroxylation is 1. The average molecular weight is 597 g/mol. The van der Waals surface area contributed by atoms with Gasteiger partial charge in [-0.3, -0.25) is 14.1 Å². The van der Waals surface area contributed by atoms with Crippen LogP contribution in [0, 0.1) is 6.92 Å². The average Bonchev–Trinajstić information content (AvgIpc) is 3.71. The monoisotopic (exact) mass is 596 g/mol. The summed E-state index contributed by atoms with van der Waals surface area (Å²) < 4.78 is 35.2. The van der Waals surface area contributed by atoms with Crippen LogP contribution in [0.5, 0.6) is 5.75 Å². The summed E-state index contributed by atoms with van der Waals surface area (Å²) in [6.45, 7) is 1.57. The number of rotatable bonds is 8. The Balaban J connectivity index is 1.42. The lowest BCUT2D eigenvalue weighted by Gasteiger charge is -2.28. The molecule has 8 nitrogen and oxygen atoms in total. The van der Waals surface area contributed by atoms with Crippen LogP contribution >= 0.6 is 11.3 Å². The fourth-order valence-corrected chi connectivity index (χ4v) is 7.43. The summed E-state index contributed by atoms with van der Waals surface area (Å²) in [5.74, 6) is 0.135. The number of hydrogen-bond donors (Lipinski definition) is 0. The molecule has 6 rings (SSSR count). The molecule has 10 heteroatoms. The number of carbonyl (C=O) groups is 1. The molecule has 1 amide bonds. The largest absolute Gasteiger partial charge is 0.497 e. The third kappa shape index (κ3) is 5.26. The number of hydrazone groups is 1. The van der Waals surface area contributed by atoms with Gasteiger partial charge >= 0.3 is 0 Å². The summed E-state index contributed by atoms with van der Waals surface area (Å²) in [7, 11) is -2.66. The number of fused-ring (bicyclic) bond motifs is 1. The molecule has 0 aliphatic carbocycles. The van der Waals surface area contributed by atoms with E-state index in [0.717, 1.165) is 26.0 Å². The van der Waals surface area contributed by atoms with Crippen molar-refractivity contribution in [3.63, 3.8) is 0 Å². The maximum Gasteiger partial charge on any atom is 0.265 e. The van der Waals surface area contributed by atoms with E-state index in [0.29, 0.717) is 28.6 Å². The van der Waals surface area contributed by atoms with Crippen molar-refractivity contribution in [3.05, 3.63) is 119 Å². The summed E-state index contributed by atoms with van der Waals surface area (Å²) in [5.41, 5.74) is 3.17. The number of anilines is 1. The number of carbonyl (C=O) groups excluding carboxylic acids is 1. The second-order valence-corrected chi connectivity index (χ2v) is 12.7. The number of pyridine rings is 1. The zero-order chi connectivity index (χ0) is 29.3. The van der Waals surface area contributed by atoms with E-state index in [9.17, 15) is 13.2 Å². The number of amides is 1. The van der Waals surface area contributed by atoms with Crippen LogP contribution in [0.2, 0.25) is 0 Å². The van der Waals surface area contributed by atoms with E-state index in [-0.39, 0.29) is 10.9 Å². The minimum Gasteiger partial charge on any atom is -0.497 e. The van der Waals surface area contributed by atoms with Gasteiger partial charge in [0.05, 0.1) is 34.3 Å². The number of thiophene rings is 1. The third-order valence-electron chi connectivity index (χ3n) is 7.28. The van der Waals surface area contributed by atoms with Crippen molar-refractivity contribution in [1.82, 2.24) is 9.99 Å². The van der Waals surface area contributed by atoms with Crippen molar-refractivity contribution in [2.24, 2.45) is 5.10 Å². The minimum absolute atomic E-state index is 0.0882. The molecule has 212 valence electrons. The van der Waals surface area contributed by atoms with Gasteiger partial charge in [-0.2, -0.15) is 5.10 Å². The molecule has 1 aliphatic rings. The standard InChI is InChI=1S/C32H28N4O4S2/c1-22-8-10-23(11-9-22)29-19-28(30-6-4-18-41-30)34-36(29)32(37)21-35(25-12-14-26(40-2)15-13-25)42(38,39)31-7-3-5-24-20-33-17-16-27(24)31/h3-18,20,29H,19,21H2,1-2H3. The summed E-state index contributed by atoms with van der Waals surface area (Å²) in [5, 5.41) is 9.37. The van der Waals surface area contributed by atoms with Gasteiger partial charge in [0.25, 0.3) is 15.9 Å². The topological polar surface area (TPSA) is 92.2 Å². The van der Waals surface area contributed by atoms with E-state index in [1.165, 1.54) is 5.01 Å². The lowest BCUT2D eigenvalue weighted by atomic mass is 10.00. The van der Waals surface area contributed by atoms with Crippen LogP contribution in [-0.4, -0.2) is 43.7 Å². The minimum atomic E-state index is -4.20. The van der Waals surface area contributed by atoms with Crippen molar-refractivity contribution in [2.75, 3.05) is 18.0 Å². The maximum absolute atomic E-state index is 14.4. The molecular formula is C32H28N4O4S2. The van der Waals surface area contributed by atoms with Crippen LogP contribution in [0.1, 0.15) is 28.5 Å². The Kier molecular flexibility index (Phi) is 7.49. The molecule has 0 N–H and O–H groups in total. The SMILES string of the molecule is COc1ccc(N(CC(=O)N2N=C(c3cccs3)CC2c2ccc(C)cc2)S(=O)(=O)c2cccc3cnccc23)cc1. The molecule has 0 fully saturated rings. The number of hydrogen-bond acceptors (Lipinski definition) is 7. The quantitative estimate of drug-likeness (QED) is 0.213. The number of benzene rings is 3. The molecule has 3 heterocycles. The van der Waals surface area contributed by atoms with Gasteiger partial charge in [0.15, 0.2) is 0 Å². The molecule has 42 heavy (non-hydrogen) atoms. The Morgan fingerprint density at radius 1 is 1.02 bits per heavy atom. The molecular weight excluding hydrogens is 569 g/mol. The Hall–Kier alpha value is -4.54. The maximum atomic E-state index is 14.4. The summed E-state index contributed by atoms with van der Waals surface area (Å²) in [6, 6.07) is 24.9. The van der Waals surface area contributed by atoms with Gasteiger partial charge in [0.1, 0.15) is 12.3 Å². The van der Waals surface area contributed by atoms with Gasteiger partial charge in [0, 0.05) is 29.6 Å². The zero-order valence-corrected chi connectivity index (χ0v) is 24.7. The molecule has 1 atom stereocenters. The third-order valence-corrected chi connectivity index (χ3v) is 10.0. The number of nitrogens with zero attached hydrogens (tertiary/aromatic N) is 4. The first-order valence-corrected chi connectivity index (χ1v) is 15.7. The Bertz CT molecular complexity index is 1870. The lowest BCUT2D eigenvalue weighted by Crippen LogP contribution is -2.41. The van der Waals surface area contributed by atoms with Gasteiger partial charge in [-0.1, -0.05) is 48.0 Å². The molecule has 0 radical (unpaired) electrons. The van der Waals surface area contributed by atoms with Crippen molar-refractivity contribution >= 4 is 49.4 Å². The first-order valence-electron chi connectivity index (χ1n) is 13.3. The van der Waals surface area contributed by atoms with Gasteiger partial charge in [-0.05, 0) is 60.3 Å². The molecule has 5 aromatic rings. The normalized spacial score (nSPS) is 15.0. The number of ether oxygens (including phenoxy) is 1. The Morgan fingerprint density at radius 3 is 2.52 bits per heavy atom. The van der Waals surface area contributed by atoms with Gasteiger partial charge in [0.2, 0.25) is 0 Å². The highest BCUT2D eigenvalue weighted by molar-refractivity contribution is 7.93. The number of methoxy groups -OCH3 is 1. The van der Waals surface area contributed by atoms with Crippen LogP contribution in [0.15, 0.2) is 113 Å². The number of aromatic nitrogens is 1. The van der Waals surface area contributed by atoms with Crippen LogP contribution in [-0.2, 0) is 14.8 Å². The second kappa shape index (κ2) is 11.4. The Labute approximate surface area is 248 Å². The van der Waals surface area contributed by atoms with Gasteiger partial charge in [-0.25, -0.2) is 13.4 Å². The summed E-state index contributed by atoms with van der Waals surface area (Å²) >= 11 is 1.56. The fraction of sp³-hybridized carbons (Fsp3) is 0.156. The van der Waals surface area contributed by atoms with E-state index in [4.69, 9.17) is 9.84 Å². The predicted octanol–water partition coefficient (Wildman–Crippen LogP) is 6.19. The first kappa shape index (κ1) is 27.6. The molecule has 3 aromatic carbocycles. The van der Waals surface area contributed by atoms with E-state index in [1.54, 1.807) is 79.4 Å². The van der Waals surface area contributed by atoms with E-state index in [1.807, 2.05) is 48.7 Å². The predicted molar refractivity (Wildman–Crippen MR) is 166 cm³/mol. The van der Waals surface area contributed by atoms with Gasteiger partial charge in [-0.15, -0.1) is 11.3 Å². The van der Waals surface area contributed by atoms with E-state index < -0.39 is 22.5 Å². The van der Waals surface area contributed by atoms with Crippen LogP contribution < -0.4 is 9.04 Å². The van der Waals surface area contributed by atoms with Crippen molar-refractivity contribution in [1.29, 1.82) is 0 Å². The smallest absolute Gasteiger partial charge is 0.265 e. The molecule has 1 aliphatic heterocycles. The zero-order valence-electron chi connectivity index (χ0n) is 23.0. The van der Waals surface area contributed by atoms with Crippen LogP contribution in [0.4, 0.5) is 5.69 Å². The highest BCUT2D eigenvalue weighted by Crippen LogP contribution is 2.35. The number of sulfonamides is 1. The molecule has 2 aromatic heterocycles. The highest BCUT2D eigenvalue weighted by Gasteiger charge is 2.37. The lowest BCUT2D eigenvalue weighted by molar-refractivity contribution is -0.131. The Morgan fingerprint density at radius 2 is 1.81 bits per heavy atom. The molecule has 0 saturated heterocycles. The van der Waals surface area contributed by atoms with Crippen molar-refractivity contribution in [3.8, 4) is 5.75 Å². The van der Waals surface area contributed by atoms with E-state index in [2.05, 4.69) is 4.98 Å². The molecule has 0 spiro atoms. The highest BCUT2D eigenvalue weighted by atomic mass is 32.2. The fourth-order valence-electron chi connectivity index (χ4n) is 5.08. The van der Waals surface area contributed by atoms with Crippen LogP contribution in [0.3, 0.4) is 0 Å². The van der Waals surface area contributed by atoms with Crippen LogP contribution in [0.25, 0.3) is 10.8 Å². The van der Waals surface area contributed by atoms with Crippen molar-refractivity contribution in [2.45, 2.75) is 24.3 Å².